The fourth-order valence-corrected chi connectivity index (χ4v) is 2.80. The number of nitrogens with zero attached hydrogens (tertiary/aromatic N) is 2. The molecular weight excluding hydrogens is 286 g/mol. The number of hydrogen-bond donors (Lipinski definition) is 3. The van der Waals surface area contributed by atoms with Crippen molar-refractivity contribution in [2.45, 2.75) is 19.8 Å². The molecular formula is C15H18ClN5. The highest BCUT2D eigenvalue weighted by atomic mass is 35.5. The van der Waals surface area contributed by atoms with E-state index in [1.165, 1.54) is 5.57 Å². The second kappa shape index (κ2) is 5.87. The van der Waals surface area contributed by atoms with Crippen LogP contribution in [0.5, 0.6) is 0 Å². The molecule has 3 rings (SSSR count). The lowest BCUT2D eigenvalue weighted by atomic mass is 10.2. The van der Waals surface area contributed by atoms with Crippen LogP contribution in [0.25, 0.3) is 11.0 Å². The van der Waals surface area contributed by atoms with Crippen molar-refractivity contribution in [3.63, 3.8) is 0 Å². The molecule has 2 heterocycles. The molecule has 0 radical (unpaired) electrons. The number of rotatable bonds is 5. The maximum absolute atomic E-state index is 6.46. The first-order valence-corrected chi connectivity index (χ1v) is 7.40. The molecule has 2 aromatic heterocycles. The van der Waals surface area contributed by atoms with Crippen LogP contribution < -0.4 is 11.1 Å². The summed E-state index contributed by atoms with van der Waals surface area (Å²) in [6.45, 7) is 3.17. The molecule has 21 heavy (non-hydrogen) atoms. The van der Waals surface area contributed by atoms with E-state index in [1.807, 2.05) is 6.92 Å². The summed E-state index contributed by atoms with van der Waals surface area (Å²) in [6.07, 6.45) is 8.01. The predicted octanol–water partition coefficient (Wildman–Crippen LogP) is 2.72. The van der Waals surface area contributed by atoms with Crippen LogP contribution in [0.2, 0.25) is 5.02 Å². The van der Waals surface area contributed by atoms with Gasteiger partial charge in [0.1, 0.15) is 17.3 Å². The molecule has 2 aromatic rings. The van der Waals surface area contributed by atoms with E-state index >= 15 is 0 Å². The monoisotopic (exact) mass is 303 g/mol. The lowest BCUT2D eigenvalue weighted by Gasteiger charge is -2.08. The number of aromatic nitrogens is 3. The first kappa shape index (κ1) is 14.1. The average Bonchev–Trinajstić information content (AvgIpc) is 3.06. The molecule has 0 unspecified atom stereocenters. The number of fused-ring (bicyclic) bond motifs is 1. The van der Waals surface area contributed by atoms with Crippen molar-refractivity contribution in [3.05, 3.63) is 40.3 Å². The first-order valence-electron chi connectivity index (χ1n) is 7.02. The van der Waals surface area contributed by atoms with Gasteiger partial charge in [-0.25, -0.2) is 9.97 Å². The summed E-state index contributed by atoms with van der Waals surface area (Å²) in [7, 11) is 0. The Morgan fingerprint density at radius 3 is 3.00 bits per heavy atom. The van der Waals surface area contributed by atoms with Crippen LogP contribution in [-0.2, 0) is 6.42 Å². The third-order valence-corrected chi connectivity index (χ3v) is 3.92. The van der Waals surface area contributed by atoms with Gasteiger partial charge in [0.2, 0.25) is 0 Å². The zero-order valence-electron chi connectivity index (χ0n) is 11.9. The highest BCUT2D eigenvalue weighted by molar-refractivity contribution is 6.37. The minimum atomic E-state index is 0.542. The molecule has 0 bridgehead atoms. The van der Waals surface area contributed by atoms with Gasteiger partial charge in [-0.1, -0.05) is 29.8 Å². The number of anilines is 1. The molecule has 110 valence electrons. The van der Waals surface area contributed by atoms with Crippen LogP contribution in [0.15, 0.2) is 23.8 Å². The SMILES string of the molecule is Cc1nc(NCC2=CC=CC2)c2c(Cl)c(CCN)[nH]c2n1. The fourth-order valence-electron chi connectivity index (χ4n) is 2.48. The number of aryl methyl sites for hydroxylation is 1. The van der Waals surface area contributed by atoms with Crippen LogP contribution in [0.3, 0.4) is 0 Å². The summed E-state index contributed by atoms with van der Waals surface area (Å²) in [5.74, 6) is 1.48. The van der Waals surface area contributed by atoms with Gasteiger partial charge in [0.15, 0.2) is 0 Å². The summed E-state index contributed by atoms with van der Waals surface area (Å²) < 4.78 is 0. The molecule has 0 atom stereocenters. The Morgan fingerprint density at radius 2 is 2.29 bits per heavy atom. The van der Waals surface area contributed by atoms with E-state index in [9.17, 15) is 0 Å². The van der Waals surface area contributed by atoms with Gasteiger partial charge in [0.25, 0.3) is 0 Å². The van der Waals surface area contributed by atoms with E-state index in [-0.39, 0.29) is 0 Å². The summed E-state index contributed by atoms with van der Waals surface area (Å²) in [5.41, 5.74) is 8.62. The number of H-pyrrole nitrogens is 1. The maximum Gasteiger partial charge on any atom is 0.144 e. The van der Waals surface area contributed by atoms with Gasteiger partial charge in [-0.3, -0.25) is 0 Å². The number of nitrogens with one attached hydrogen (secondary N) is 2. The predicted molar refractivity (Wildman–Crippen MR) is 86.7 cm³/mol. The van der Waals surface area contributed by atoms with Crippen molar-refractivity contribution in [1.29, 1.82) is 0 Å². The van der Waals surface area contributed by atoms with Crippen LogP contribution in [0.4, 0.5) is 5.82 Å². The standard InChI is InChI=1S/C15H18ClN5/c1-9-19-14(18-8-10-4-2-3-5-10)12-13(16)11(6-7-17)21-15(12)20-9/h2-4H,5-8,17H2,1H3,(H2,18,19,20,21). The van der Waals surface area contributed by atoms with Crippen molar-refractivity contribution in [2.75, 3.05) is 18.4 Å². The Balaban J connectivity index is 1.95. The Morgan fingerprint density at radius 1 is 1.43 bits per heavy atom. The minimum absolute atomic E-state index is 0.542. The normalized spacial score (nSPS) is 14.0. The molecule has 0 aromatic carbocycles. The molecule has 4 N–H and O–H groups in total. The summed E-state index contributed by atoms with van der Waals surface area (Å²) in [6, 6.07) is 0. The minimum Gasteiger partial charge on any atom is -0.366 e. The fraction of sp³-hybridized carbons (Fsp3) is 0.333. The molecule has 1 aliphatic carbocycles. The zero-order chi connectivity index (χ0) is 14.8. The second-order valence-corrected chi connectivity index (χ2v) is 5.49. The van der Waals surface area contributed by atoms with E-state index in [0.29, 0.717) is 23.8 Å². The van der Waals surface area contributed by atoms with Crippen LogP contribution in [-0.4, -0.2) is 28.0 Å². The summed E-state index contributed by atoms with van der Waals surface area (Å²) >= 11 is 6.46. The number of allylic oxidation sites excluding steroid dienone is 3. The molecule has 0 saturated carbocycles. The van der Waals surface area contributed by atoms with Crippen LogP contribution >= 0.6 is 11.6 Å². The first-order chi connectivity index (χ1) is 10.2. The quantitative estimate of drug-likeness (QED) is 0.793. The third-order valence-electron chi connectivity index (χ3n) is 3.50. The lowest BCUT2D eigenvalue weighted by Crippen LogP contribution is -2.07. The number of halogens is 1. The number of nitrogens with two attached hydrogens (primary N) is 1. The van der Waals surface area contributed by atoms with Gasteiger partial charge in [0.05, 0.1) is 10.4 Å². The van der Waals surface area contributed by atoms with Gasteiger partial charge in [-0.2, -0.15) is 0 Å². The molecule has 6 heteroatoms. The Bertz CT molecular complexity index is 729. The van der Waals surface area contributed by atoms with Gasteiger partial charge in [-0.05, 0) is 25.5 Å². The van der Waals surface area contributed by atoms with Crippen LogP contribution in [0.1, 0.15) is 17.9 Å². The topological polar surface area (TPSA) is 79.6 Å². The number of hydrogen-bond acceptors (Lipinski definition) is 4. The Labute approximate surface area is 128 Å². The van der Waals surface area contributed by atoms with Crippen molar-refractivity contribution < 1.29 is 0 Å². The van der Waals surface area contributed by atoms with Crippen molar-refractivity contribution >= 4 is 28.5 Å². The number of aromatic amines is 1. The third kappa shape index (κ3) is 2.80. The lowest BCUT2D eigenvalue weighted by molar-refractivity contribution is 0.936. The van der Waals surface area contributed by atoms with E-state index < -0.39 is 0 Å². The molecule has 0 amide bonds. The Hall–Kier alpha value is -1.85. The van der Waals surface area contributed by atoms with Crippen molar-refractivity contribution in [2.24, 2.45) is 5.73 Å². The highest BCUT2D eigenvalue weighted by Gasteiger charge is 2.16. The zero-order valence-corrected chi connectivity index (χ0v) is 12.7. The molecule has 0 fully saturated rings. The largest absolute Gasteiger partial charge is 0.366 e. The second-order valence-electron chi connectivity index (χ2n) is 5.11. The molecule has 0 spiro atoms. The summed E-state index contributed by atoms with van der Waals surface area (Å²) in [4.78, 5) is 12.2. The van der Waals surface area contributed by atoms with Gasteiger partial charge in [0, 0.05) is 18.7 Å². The van der Waals surface area contributed by atoms with E-state index in [2.05, 4.69) is 38.5 Å². The average molecular weight is 304 g/mol. The maximum atomic E-state index is 6.46. The molecule has 1 aliphatic rings. The molecule has 0 aliphatic heterocycles. The summed E-state index contributed by atoms with van der Waals surface area (Å²) in [5, 5.41) is 4.88. The van der Waals surface area contributed by atoms with Crippen molar-refractivity contribution in [3.8, 4) is 0 Å². The van der Waals surface area contributed by atoms with Gasteiger partial charge in [-0.15, -0.1) is 0 Å². The van der Waals surface area contributed by atoms with Crippen molar-refractivity contribution in [1.82, 2.24) is 15.0 Å². The van der Waals surface area contributed by atoms with Gasteiger partial charge < -0.3 is 16.0 Å². The molecule has 0 saturated heterocycles. The smallest absolute Gasteiger partial charge is 0.144 e. The van der Waals surface area contributed by atoms with E-state index in [4.69, 9.17) is 17.3 Å². The van der Waals surface area contributed by atoms with E-state index in [1.54, 1.807) is 0 Å². The van der Waals surface area contributed by atoms with E-state index in [0.717, 1.165) is 35.5 Å². The Kier molecular flexibility index (Phi) is 3.94. The van der Waals surface area contributed by atoms with Crippen LogP contribution in [0, 0.1) is 6.92 Å². The van der Waals surface area contributed by atoms with Gasteiger partial charge >= 0.3 is 0 Å². The highest BCUT2D eigenvalue weighted by Crippen LogP contribution is 2.32. The molecule has 5 nitrogen and oxygen atoms in total.